The van der Waals surface area contributed by atoms with E-state index in [1.807, 2.05) is 48.5 Å². The van der Waals surface area contributed by atoms with Crippen LogP contribution in [0.25, 0.3) is 6.08 Å². The highest BCUT2D eigenvalue weighted by molar-refractivity contribution is 9.10. The number of nitro groups is 1. The SMILES string of the molecule is O=C1NC(=O)N(c2cc3c4c(c2)[C@H](c2ccccc2)CCN4CC[C@@H]3c2ccccc2)C(=O)/C1=C/c1cc(Br)ccc1OCc1ccc([N+](=O)[O-])cc1. The Bertz CT molecular complexity index is 2220. The van der Waals surface area contributed by atoms with E-state index in [0.29, 0.717) is 27.0 Å². The van der Waals surface area contributed by atoms with Gasteiger partial charge in [-0.05, 0) is 89.2 Å². The summed E-state index contributed by atoms with van der Waals surface area (Å²) < 4.78 is 6.76. The van der Waals surface area contributed by atoms with Crippen molar-refractivity contribution >= 4 is 56.9 Å². The summed E-state index contributed by atoms with van der Waals surface area (Å²) in [7, 11) is 0. The van der Waals surface area contributed by atoms with Crippen molar-refractivity contribution in [2.75, 3.05) is 22.9 Å². The molecule has 1 fully saturated rings. The number of benzene rings is 5. The number of imide groups is 2. The molecule has 4 amide bonds. The first-order chi connectivity index (χ1) is 25.7. The third kappa shape index (κ3) is 6.60. The zero-order valence-electron chi connectivity index (χ0n) is 28.4. The highest BCUT2D eigenvalue weighted by atomic mass is 79.9. The van der Waals surface area contributed by atoms with Crippen LogP contribution in [0.5, 0.6) is 5.75 Å². The van der Waals surface area contributed by atoms with Gasteiger partial charge in [0.1, 0.15) is 17.9 Å². The van der Waals surface area contributed by atoms with Crippen LogP contribution >= 0.6 is 15.9 Å². The van der Waals surface area contributed by atoms with Gasteiger partial charge in [-0.1, -0.05) is 76.6 Å². The summed E-state index contributed by atoms with van der Waals surface area (Å²) in [6.45, 7) is 1.87. The van der Waals surface area contributed by atoms with Crippen LogP contribution in [-0.4, -0.2) is 35.9 Å². The lowest BCUT2D eigenvalue weighted by Gasteiger charge is -2.44. The predicted octanol–water partition coefficient (Wildman–Crippen LogP) is 8.48. The Morgan fingerprint density at radius 2 is 1.42 bits per heavy atom. The number of ether oxygens (including phenoxy) is 1. The van der Waals surface area contributed by atoms with Gasteiger partial charge < -0.3 is 9.64 Å². The molecule has 11 heteroatoms. The summed E-state index contributed by atoms with van der Waals surface area (Å²) >= 11 is 3.48. The minimum absolute atomic E-state index is 0.0320. The summed E-state index contributed by atoms with van der Waals surface area (Å²) in [6, 6.07) is 34.8. The Morgan fingerprint density at radius 1 is 0.811 bits per heavy atom. The largest absolute Gasteiger partial charge is 0.488 e. The van der Waals surface area contributed by atoms with Gasteiger partial charge in [0.15, 0.2) is 0 Å². The van der Waals surface area contributed by atoms with Crippen molar-refractivity contribution in [3.63, 3.8) is 0 Å². The number of carbonyl (C=O) groups excluding carboxylic acids is 3. The van der Waals surface area contributed by atoms with Crippen LogP contribution in [0.2, 0.25) is 0 Å². The number of hydrogen-bond donors (Lipinski definition) is 1. The van der Waals surface area contributed by atoms with Crippen LogP contribution < -0.4 is 19.9 Å². The molecule has 0 saturated carbocycles. The second kappa shape index (κ2) is 14.2. The Hall–Kier alpha value is -6.07. The number of amides is 4. The van der Waals surface area contributed by atoms with Crippen LogP contribution in [0.1, 0.15) is 58.1 Å². The molecule has 2 atom stereocenters. The monoisotopic (exact) mass is 768 g/mol. The second-order valence-electron chi connectivity index (χ2n) is 13.3. The third-order valence-corrected chi connectivity index (χ3v) is 10.7. The van der Waals surface area contributed by atoms with E-state index in [9.17, 15) is 24.5 Å². The molecule has 0 spiro atoms. The molecule has 264 valence electrons. The van der Waals surface area contributed by atoms with Crippen LogP contribution in [0.4, 0.5) is 21.9 Å². The molecule has 0 bridgehead atoms. The number of hydrogen-bond acceptors (Lipinski definition) is 7. The van der Waals surface area contributed by atoms with Crippen molar-refractivity contribution < 1.29 is 24.0 Å². The number of anilines is 2. The van der Waals surface area contributed by atoms with Gasteiger partial charge in [-0.3, -0.25) is 25.0 Å². The molecule has 5 aromatic rings. The molecule has 0 unspecified atom stereocenters. The summed E-state index contributed by atoms with van der Waals surface area (Å²) in [4.78, 5) is 55.6. The molecular weight excluding hydrogens is 736 g/mol. The fourth-order valence-electron chi connectivity index (χ4n) is 7.65. The van der Waals surface area contributed by atoms with Gasteiger partial charge in [0.05, 0.1) is 10.6 Å². The normalized spacial score (nSPS) is 18.8. The first kappa shape index (κ1) is 34.0. The van der Waals surface area contributed by atoms with Crippen LogP contribution in [-0.2, 0) is 16.2 Å². The number of carbonyl (C=O) groups is 3. The third-order valence-electron chi connectivity index (χ3n) is 10.2. The van der Waals surface area contributed by atoms with E-state index in [-0.39, 0.29) is 29.7 Å². The number of rotatable bonds is 8. The van der Waals surface area contributed by atoms with Crippen molar-refractivity contribution in [2.45, 2.75) is 31.3 Å². The number of halogens is 1. The molecule has 1 N–H and O–H groups in total. The minimum Gasteiger partial charge on any atom is -0.488 e. The van der Waals surface area contributed by atoms with E-state index >= 15 is 0 Å². The molecule has 53 heavy (non-hydrogen) atoms. The van der Waals surface area contributed by atoms with E-state index in [4.69, 9.17) is 4.74 Å². The molecule has 3 aliphatic heterocycles. The lowest BCUT2D eigenvalue weighted by Crippen LogP contribution is -2.54. The number of barbiturate groups is 1. The maximum atomic E-state index is 14.4. The summed E-state index contributed by atoms with van der Waals surface area (Å²) in [5.41, 5.74) is 6.83. The van der Waals surface area contributed by atoms with Crippen LogP contribution in [0.3, 0.4) is 0 Å². The van der Waals surface area contributed by atoms with Crippen molar-refractivity contribution in [3.8, 4) is 5.75 Å². The van der Waals surface area contributed by atoms with Gasteiger partial charge in [0.2, 0.25) is 0 Å². The summed E-state index contributed by atoms with van der Waals surface area (Å²) in [5, 5.41) is 13.5. The van der Waals surface area contributed by atoms with Crippen molar-refractivity contribution in [2.24, 2.45) is 0 Å². The van der Waals surface area contributed by atoms with Gasteiger partial charge in [-0.25, -0.2) is 9.69 Å². The Kier molecular flexibility index (Phi) is 9.09. The van der Waals surface area contributed by atoms with Gasteiger partial charge in [0, 0.05) is 52.8 Å². The Labute approximate surface area is 314 Å². The molecule has 1 saturated heterocycles. The highest BCUT2D eigenvalue weighted by Crippen LogP contribution is 2.50. The first-order valence-corrected chi connectivity index (χ1v) is 18.1. The van der Waals surface area contributed by atoms with Crippen molar-refractivity contribution in [1.29, 1.82) is 0 Å². The van der Waals surface area contributed by atoms with Gasteiger partial charge in [-0.15, -0.1) is 0 Å². The molecule has 3 aliphatic rings. The minimum atomic E-state index is -0.816. The number of nitrogens with zero attached hydrogens (tertiary/aromatic N) is 3. The smallest absolute Gasteiger partial charge is 0.335 e. The predicted molar refractivity (Wildman–Crippen MR) is 205 cm³/mol. The maximum Gasteiger partial charge on any atom is 0.335 e. The van der Waals surface area contributed by atoms with Crippen LogP contribution in [0, 0.1) is 10.1 Å². The standard InChI is InChI=1S/C42H33BrN4O6/c43-30-13-16-38(53-25-26-11-14-31(15-12-26)47(51)52)29(21-30)22-37-40(48)44-42(50)46(41(37)49)32-23-35-33(27-7-3-1-4-8-27)17-19-45-20-18-34(36(24-32)39(35)45)28-9-5-2-6-10-28/h1-16,21-24,33-34H,17-20,25H2,(H,44,48,50)/b37-22+/t33-,34+. The van der Waals surface area contributed by atoms with Crippen molar-refractivity contribution in [1.82, 2.24) is 5.32 Å². The fourth-order valence-corrected chi connectivity index (χ4v) is 8.03. The zero-order chi connectivity index (χ0) is 36.6. The second-order valence-corrected chi connectivity index (χ2v) is 14.2. The quantitative estimate of drug-likeness (QED) is 0.0727. The summed E-state index contributed by atoms with van der Waals surface area (Å²) in [5.74, 6) is -1.09. The molecular formula is C42H33BrN4O6. The Morgan fingerprint density at radius 3 is 2.00 bits per heavy atom. The zero-order valence-corrected chi connectivity index (χ0v) is 30.0. The summed E-state index contributed by atoms with van der Waals surface area (Å²) in [6.07, 6.45) is 3.19. The van der Waals surface area contributed by atoms with E-state index in [0.717, 1.165) is 58.8 Å². The topological polar surface area (TPSA) is 122 Å². The van der Waals surface area contributed by atoms with Crippen LogP contribution in [0.15, 0.2) is 125 Å². The lowest BCUT2D eigenvalue weighted by atomic mass is 9.76. The number of non-ortho nitro benzene ring substituents is 1. The number of nitro benzene ring substituents is 1. The molecule has 0 radical (unpaired) electrons. The molecule has 10 nitrogen and oxygen atoms in total. The highest BCUT2D eigenvalue weighted by Gasteiger charge is 2.40. The molecule has 0 aromatic heterocycles. The van der Waals surface area contributed by atoms with E-state index < -0.39 is 22.8 Å². The average Bonchev–Trinajstić information content (AvgIpc) is 3.17. The number of urea groups is 1. The molecule has 5 aromatic carbocycles. The van der Waals surface area contributed by atoms with Gasteiger partial charge in [-0.2, -0.15) is 0 Å². The van der Waals surface area contributed by atoms with E-state index in [1.165, 1.54) is 18.2 Å². The molecule has 3 heterocycles. The van der Waals surface area contributed by atoms with Gasteiger partial charge in [0.25, 0.3) is 17.5 Å². The van der Waals surface area contributed by atoms with E-state index in [1.54, 1.807) is 30.3 Å². The first-order valence-electron chi connectivity index (χ1n) is 17.3. The fraction of sp³-hybridized carbons (Fsp3) is 0.167. The Balaban J connectivity index is 1.19. The van der Waals surface area contributed by atoms with Crippen molar-refractivity contribution in [3.05, 3.63) is 169 Å². The number of nitrogens with one attached hydrogen (secondary N) is 1. The molecule has 0 aliphatic carbocycles. The van der Waals surface area contributed by atoms with E-state index in [2.05, 4.69) is 50.4 Å². The average molecular weight is 770 g/mol. The lowest BCUT2D eigenvalue weighted by molar-refractivity contribution is -0.384. The maximum absolute atomic E-state index is 14.4. The van der Waals surface area contributed by atoms with Gasteiger partial charge >= 0.3 is 6.03 Å². The molecule has 8 rings (SSSR count).